The first-order valence-corrected chi connectivity index (χ1v) is 8.12. The highest BCUT2D eigenvalue weighted by atomic mass is 16.4. The van der Waals surface area contributed by atoms with Crippen molar-refractivity contribution in [3.8, 4) is 0 Å². The molecule has 0 radical (unpaired) electrons. The normalized spacial score (nSPS) is 31.3. The van der Waals surface area contributed by atoms with Gasteiger partial charge in [0.05, 0.1) is 0 Å². The maximum Gasteiger partial charge on any atom is 0.408 e. The molecule has 3 rings (SSSR count). The predicted molar refractivity (Wildman–Crippen MR) is 78.1 cm³/mol. The molecule has 2 aliphatic heterocycles. The van der Waals surface area contributed by atoms with E-state index in [4.69, 9.17) is 0 Å². The van der Waals surface area contributed by atoms with E-state index in [2.05, 4.69) is 4.90 Å². The lowest BCUT2D eigenvalue weighted by atomic mass is 9.91. The van der Waals surface area contributed by atoms with Gasteiger partial charge in [0.1, 0.15) is 6.04 Å². The molecule has 118 valence electrons. The third-order valence-electron chi connectivity index (χ3n) is 5.39. The summed E-state index contributed by atoms with van der Waals surface area (Å²) in [5.74, 6) is 0.00927. The van der Waals surface area contributed by atoms with E-state index in [1.807, 2.05) is 11.8 Å². The monoisotopic (exact) mass is 295 g/mol. The number of carboxylic acid groups (broad SMARTS) is 1. The van der Waals surface area contributed by atoms with Gasteiger partial charge in [0.2, 0.25) is 5.91 Å². The van der Waals surface area contributed by atoms with Crippen molar-refractivity contribution in [2.75, 3.05) is 26.2 Å². The summed E-state index contributed by atoms with van der Waals surface area (Å²) in [4.78, 5) is 29.7. The molecular weight excluding hydrogens is 270 g/mol. The van der Waals surface area contributed by atoms with Crippen LogP contribution in [0.1, 0.15) is 39.0 Å². The molecule has 2 saturated heterocycles. The van der Waals surface area contributed by atoms with Gasteiger partial charge < -0.3 is 10.0 Å². The molecule has 21 heavy (non-hydrogen) atoms. The third-order valence-corrected chi connectivity index (χ3v) is 5.39. The van der Waals surface area contributed by atoms with E-state index in [1.54, 1.807) is 0 Å². The zero-order valence-electron chi connectivity index (χ0n) is 12.7. The van der Waals surface area contributed by atoms with Gasteiger partial charge in [0.15, 0.2) is 0 Å². The number of carbonyl (C=O) groups is 2. The predicted octanol–water partition coefficient (Wildman–Crippen LogP) is 1.21. The van der Waals surface area contributed by atoms with Crippen LogP contribution in [0, 0.1) is 0 Å². The summed E-state index contributed by atoms with van der Waals surface area (Å²) in [5.41, 5.74) is 0. The Hall–Kier alpha value is -1.30. The number of carbonyl (C=O) groups excluding carboxylic acids is 1. The third kappa shape index (κ3) is 2.73. The summed E-state index contributed by atoms with van der Waals surface area (Å²) in [6.45, 7) is 5.24. The van der Waals surface area contributed by atoms with Crippen LogP contribution in [-0.2, 0) is 4.79 Å². The van der Waals surface area contributed by atoms with Crippen molar-refractivity contribution >= 4 is 12.0 Å². The topological polar surface area (TPSA) is 64.1 Å². The number of rotatable bonds is 2. The number of hydrogen-bond donors (Lipinski definition) is 1. The fraction of sp³-hybridized carbons (Fsp3) is 0.867. The fourth-order valence-electron chi connectivity index (χ4n) is 3.82. The minimum Gasteiger partial charge on any atom is -0.465 e. The average Bonchev–Trinajstić information content (AvgIpc) is 2.79. The Labute approximate surface area is 125 Å². The van der Waals surface area contributed by atoms with Crippen LogP contribution in [0.5, 0.6) is 0 Å². The van der Waals surface area contributed by atoms with Gasteiger partial charge in [-0.25, -0.2) is 4.79 Å². The van der Waals surface area contributed by atoms with E-state index in [9.17, 15) is 14.7 Å². The average molecular weight is 295 g/mol. The van der Waals surface area contributed by atoms with E-state index in [1.165, 1.54) is 24.2 Å². The lowest BCUT2D eigenvalue weighted by Gasteiger charge is -2.43. The number of likely N-dealkylation sites (tertiary alicyclic amines) is 1. The maximum absolute atomic E-state index is 12.6. The summed E-state index contributed by atoms with van der Waals surface area (Å²) in [6.07, 6.45) is 4.39. The zero-order valence-corrected chi connectivity index (χ0v) is 12.7. The van der Waals surface area contributed by atoms with E-state index in [-0.39, 0.29) is 11.9 Å². The van der Waals surface area contributed by atoms with Crippen LogP contribution in [0.3, 0.4) is 0 Å². The molecule has 3 fully saturated rings. The number of piperazine rings is 1. The zero-order chi connectivity index (χ0) is 15.0. The molecule has 0 bridgehead atoms. The van der Waals surface area contributed by atoms with Gasteiger partial charge in [0.25, 0.3) is 0 Å². The van der Waals surface area contributed by atoms with Crippen molar-refractivity contribution in [1.82, 2.24) is 14.7 Å². The maximum atomic E-state index is 12.6. The van der Waals surface area contributed by atoms with Gasteiger partial charge in [-0.1, -0.05) is 6.42 Å². The number of amides is 2. The second-order valence-electron chi connectivity index (χ2n) is 6.58. The molecule has 0 aromatic carbocycles. The highest BCUT2D eigenvalue weighted by Crippen LogP contribution is 2.28. The molecule has 6 nitrogen and oxygen atoms in total. The van der Waals surface area contributed by atoms with Crippen LogP contribution in [0.2, 0.25) is 0 Å². The van der Waals surface area contributed by atoms with Crippen molar-refractivity contribution in [3.63, 3.8) is 0 Å². The van der Waals surface area contributed by atoms with E-state index >= 15 is 0 Å². The van der Waals surface area contributed by atoms with Crippen LogP contribution in [0.25, 0.3) is 0 Å². The smallest absolute Gasteiger partial charge is 0.408 e. The van der Waals surface area contributed by atoms with Crippen LogP contribution >= 0.6 is 0 Å². The summed E-state index contributed by atoms with van der Waals surface area (Å²) in [6, 6.07) is 0.213. The van der Waals surface area contributed by atoms with Crippen molar-refractivity contribution < 1.29 is 14.7 Å². The van der Waals surface area contributed by atoms with Crippen molar-refractivity contribution in [2.24, 2.45) is 0 Å². The van der Waals surface area contributed by atoms with Gasteiger partial charge >= 0.3 is 6.09 Å². The molecule has 2 heterocycles. The largest absolute Gasteiger partial charge is 0.465 e. The molecule has 0 aromatic rings. The molecule has 2 atom stereocenters. The Morgan fingerprint density at radius 2 is 1.67 bits per heavy atom. The van der Waals surface area contributed by atoms with E-state index in [0.29, 0.717) is 6.42 Å². The molecule has 6 heteroatoms. The van der Waals surface area contributed by atoms with Gasteiger partial charge in [-0.15, -0.1) is 0 Å². The lowest BCUT2D eigenvalue weighted by Crippen LogP contribution is -2.57. The molecule has 0 unspecified atom stereocenters. The van der Waals surface area contributed by atoms with Crippen molar-refractivity contribution in [1.29, 1.82) is 0 Å². The van der Waals surface area contributed by atoms with Crippen LogP contribution in [0.15, 0.2) is 0 Å². The van der Waals surface area contributed by atoms with Crippen LogP contribution in [0.4, 0.5) is 4.79 Å². The summed E-state index contributed by atoms with van der Waals surface area (Å²) in [5, 5.41) is 9.30. The minimum atomic E-state index is -0.966. The first kappa shape index (κ1) is 14.6. The van der Waals surface area contributed by atoms with Crippen LogP contribution < -0.4 is 0 Å². The van der Waals surface area contributed by atoms with E-state index in [0.717, 1.165) is 38.6 Å². The highest BCUT2D eigenvalue weighted by Gasteiger charge is 2.41. The molecule has 3 aliphatic rings. The Kier molecular flexibility index (Phi) is 4.06. The standard InChI is InChI=1S/C15H25N3O3/c1-11-5-6-13(18(11)15(20)21)14(19)17-9-7-16(8-10-17)12-3-2-4-12/h11-13H,2-10H2,1H3,(H,20,21)/t11-,13+/m1/s1. The highest BCUT2D eigenvalue weighted by molar-refractivity contribution is 5.86. The second kappa shape index (κ2) is 5.83. The molecular formula is C15H25N3O3. The Morgan fingerprint density at radius 3 is 2.19 bits per heavy atom. The fourth-order valence-corrected chi connectivity index (χ4v) is 3.82. The first-order valence-electron chi connectivity index (χ1n) is 8.12. The number of hydrogen-bond acceptors (Lipinski definition) is 3. The first-order chi connectivity index (χ1) is 10.1. The van der Waals surface area contributed by atoms with Gasteiger partial charge in [-0.3, -0.25) is 14.6 Å². The Morgan fingerprint density at radius 1 is 1.00 bits per heavy atom. The Bertz CT molecular complexity index is 416. The van der Waals surface area contributed by atoms with Gasteiger partial charge in [-0.05, 0) is 32.6 Å². The van der Waals surface area contributed by atoms with Crippen LogP contribution in [-0.4, -0.2) is 76.1 Å². The van der Waals surface area contributed by atoms with Gasteiger partial charge in [0, 0.05) is 38.3 Å². The lowest BCUT2D eigenvalue weighted by molar-refractivity contribution is -0.138. The molecule has 1 saturated carbocycles. The SMILES string of the molecule is C[C@@H]1CC[C@@H](C(=O)N2CCN(C3CCC3)CC2)N1C(=O)O. The number of nitrogens with zero attached hydrogens (tertiary/aromatic N) is 3. The van der Waals surface area contributed by atoms with E-state index < -0.39 is 12.1 Å². The molecule has 0 aromatic heterocycles. The van der Waals surface area contributed by atoms with Gasteiger partial charge in [-0.2, -0.15) is 0 Å². The quantitative estimate of drug-likeness (QED) is 0.832. The summed E-state index contributed by atoms with van der Waals surface area (Å²) >= 11 is 0. The van der Waals surface area contributed by atoms with Crippen molar-refractivity contribution in [2.45, 2.75) is 57.2 Å². The molecule has 0 spiro atoms. The summed E-state index contributed by atoms with van der Waals surface area (Å²) in [7, 11) is 0. The summed E-state index contributed by atoms with van der Waals surface area (Å²) < 4.78 is 0. The minimum absolute atomic E-state index is 0.00927. The molecule has 2 amide bonds. The Balaban J connectivity index is 1.57. The van der Waals surface area contributed by atoms with Crippen molar-refractivity contribution in [3.05, 3.63) is 0 Å². The molecule has 1 aliphatic carbocycles. The second-order valence-corrected chi connectivity index (χ2v) is 6.58. The molecule has 1 N–H and O–H groups in total.